The molecule has 4 aromatic rings. The summed E-state index contributed by atoms with van der Waals surface area (Å²) in [5.74, 6) is -0.667. The molecule has 0 spiro atoms. The van der Waals surface area contributed by atoms with Crippen LogP contribution in [0.5, 0.6) is 11.5 Å². The Hall–Kier alpha value is -5.64. The maximum absolute atomic E-state index is 13.6. The van der Waals surface area contributed by atoms with Crippen LogP contribution in [0.15, 0.2) is 103 Å². The van der Waals surface area contributed by atoms with Gasteiger partial charge in [-0.05, 0) is 96.8 Å². The molecule has 5 atom stereocenters. The van der Waals surface area contributed by atoms with Crippen LogP contribution in [-0.4, -0.2) is 35.1 Å². The number of Topliss-reactive ketones (excluding diaryl/α,β-unsaturated/α-hetero) is 1. The molecule has 0 aromatic heterocycles. The number of nitro groups is 1. The van der Waals surface area contributed by atoms with Crippen molar-refractivity contribution < 1.29 is 33.6 Å². The molecule has 2 aliphatic carbocycles. The molecule has 10 nitrogen and oxygen atoms in total. The van der Waals surface area contributed by atoms with Crippen molar-refractivity contribution in [3.8, 4) is 11.5 Å². The standard InChI is InChI=1S/C36H28N2O8/c39-31(22-8-14-27(15-9-22)46-28-16-12-26(13-17-28)38(43)44)20-45-36(42)23-6-10-25(11-7-23)37-34(40)32-24-18-29(21-4-2-1-3-5-21)30(19-24)33(32)35(37)41/h1-17,24,29-30,32-33H,18-20H2/t24-,29-,30+,32+,33-/m0/s1. The van der Waals surface area contributed by atoms with E-state index in [-0.39, 0.29) is 52.7 Å². The van der Waals surface area contributed by atoms with Crippen LogP contribution in [0.3, 0.4) is 0 Å². The summed E-state index contributed by atoms with van der Waals surface area (Å²) in [4.78, 5) is 64.0. The zero-order valence-corrected chi connectivity index (χ0v) is 24.5. The number of carbonyl (C=O) groups excluding carboxylic acids is 4. The number of hydrogen-bond acceptors (Lipinski definition) is 8. The Bertz CT molecular complexity index is 1840. The van der Waals surface area contributed by atoms with E-state index in [1.807, 2.05) is 18.2 Å². The molecule has 1 saturated heterocycles. The lowest BCUT2D eigenvalue weighted by atomic mass is 9.73. The van der Waals surface area contributed by atoms with Crippen molar-refractivity contribution in [3.05, 3.63) is 130 Å². The molecule has 46 heavy (non-hydrogen) atoms. The Kier molecular flexibility index (Phi) is 7.40. The van der Waals surface area contributed by atoms with Gasteiger partial charge in [0.05, 0.1) is 28.0 Å². The van der Waals surface area contributed by atoms with Crippen molar-refractivity contribution >= 4 is 34.9 Å². The van der Waals surface area contributed by atoms with E-state index < -0.39 is 23.3 Å². The van der Waals surface area contributed by atoms with E-state index in [9.17, 15) is 29.3 Å². The summed E-state index contributed by atoms with van der Waals surface area (Å²) in [6.45, 7) is -0.485. The predicted molar refractivity (Wildman–Crippen MR) is 166 cm³/mol. The first-order chi connectivity index (χ1) is 22.3. The first-order valence-corrected chi connectivity index (χ1v) is 15.0. The van der Waals surface area contributed by atoms with Crippen molar-refractivity contribution in [2.24, 2.45) is 23.7 Å². The van der Waals surface area contributed by atoms with E-state index in [1.165, 1.54) is 59.0 Å². The van der Waals surface area contributed by atoms with Crippen molar-refractivity contribution in [2.45, 2.75) is 18.8 Å². The molecule has 0 radical (unpaired) electrons. The largest absolute Gasteiger partial charge is 0.457 e. The summed E-state index contributed by atoms with van der Waals surface area (Å²) in [7, 11) is 0. The Morgan fingerprint density at radius 1 is 0.761 bits per heavy atom. The number of benzene rings is 4. The second-order valence-electron chi connectivity index (χ2n) is 11.9. The molecule has 3 fully saturated rings. The number of hydrogen-bond donors (Lipinski definition) is 0. The SMILES string of the molecule is O=C(COC(=O)c1ccc(N2C(=O)[C@@H]3[C@@H]4C[C@@H]([C@@H]3C2=O)[C@H](c2ccccc2)C4)cc1)c1ccc(Oc2ccc([N+](=O)[O-])cc2)cc1. The number of ketones is 1. The fraction of sp³-hybridized carbons (Fsp3) is 0.222. The molecule has 1 heterocycles. The van der Waals surface area contributed by atoms with Gasteiger partial charge in [-0.25, -0.2) is 4.79 Å². The minimum absolute atomic E-state index is 0.0540. The van der Waals surface area contributed by atoms with Crippen LogP contribution in [0.1, 0.15) is 45.0 Å². The van der Waals surface area contributed by atoms with Gasteiger partial charge in [-0.2, -0.15) is 0 Å². The van der Waals surface area contributed by atoms with Gasteiger partial charge in [0, 0.05) is 17.7 Å². The van der Waals surface area contributed by atoms with Crippen LogP contribution >= 0.6 is 0 Å². The summed E-state index contributed by atoms with van der Waals surface area (Å²) in [5.41, 5.74) is 2.08. The molecule has 2 saturated carbocycles. The third kappa shape index (κ3) is 5.21. The first-order valence-electron chi connectivity index (χ1n) is 15.0. The quantitative estimate of drug-likeness (QED) is 0.0698. The number of nitrogens with zero attached hydrogens (tertiary/aromatic N) is 2. The van der Waals surface area contributed by atoms with E-state index in [1.54, 1.807) is 24.3 Å². The molecule has 230 valence electrons. The summed E-state index contributed by atoms with van der Waals surface area (Å²) < 4.78 is 10.9. The van der Waals surface area contributed by atoms with Gasteiger partial charge in [-0.1, -0.05) is 30.3 Å². The van der Waals surface area contributed by atoms with E-state index in [0.717, 1.165) is 12.8 Å². The number of nitro benzene ring substituents is 1. The number of fused-ring (bicyclic) bond motifs is 5. The predicted octanol–water partition coefficient (Wildman–Crippen LogP) is 6.36. The Labute approximate surface area is 263 Å². The molecule has 0 unspecified atom stereocenters. The number of non-ortho nitro benzene ring substituents is 1. The summed E-state index contributed by atoms with van der Waals surface area (Å²) in [5, 5.41) is 10.8. The highest BCUT2D eigenvalue weighted by Crippen LogP contribution is 2.61. The summed E-state index contributed by atoms with van der Waals surface area (Å²) in [6, 6.07) is 28.1. The maximum Gasteiger partial charge on any atom is 0.338 e. The topological polar surface area (TPSA) is 133 Å². The number of carbonyl (C=O) groups is 4. The minimum Gasteiger partial charge on any atom is -0.457 e. The van der Waals surface area contributed by atoms with Crippen LogP contribution in [-0.2, 0) is 14.3 Å². The van der Waals surface area contributed by atoms with E-state index in [2.05, 4.69) is 12.1 Å². The molecule has 4 aromatic carbocycles. The molecule has 7 rings (SSSR count). The Balaban J connectivity index is 0.947. The highest BCUT2D eigenvalue weighted by molar-refractivity contribution is 6.22. The van der Waals surface area contributed by atoms with Gasteiger partial charge in [0.2, 0.25) is 11.8 Å². The first kappa shape index (κ1) is 29.1. The number of esters is 1. The molecule has 3 aliphatic rings. The number of anilines is 1. The van der Waals surface area contributed by atoms with Gasteiger partial charge in [-0.15, -0.1) is 0 Å². The van der Waals surface area contributed by atoms with Gasteiger partial charge in [-0.3, -0.25) is 29.4 Å². The second kappa shape index (κ2) is 11.7. The fourth-order valence-corrected chi connectivity index (χ4v) is 7.32. The molecule has 10 heteroatoms. The van der Waals surface area contributed by atoms with Gasteiger partial charge < -0.3 is 9.47 Å². The maximum atomic E-state index is 13.6. The van der Waals surface area contributed by atoms with Gasteiger partial charge >= 0.3 is 5.97 Å². The van der Waals surface area contributed by atoms with Gasteiger partial charge in [0.25, 0.3) is 5.69 Å². The molecule has 0 N–H and O–H groups in total. The average Bonchev–Trinajstić information content (AvgIpc) is 3.75. The number of rotatable bonds is 9. The number of imide groups is 1. The van der Waals surface area contributed by atoms with Gasteiger partial charge in [0.1, 0.15) is 11.5 Å². The summed E-state index contributed by atoms with van der Waals surface area (Å²) >= 11 is 0. The van der Waals surface area contributed by atoms with Crippen LogP contribution in [0.2, 0.25) is 0 Å². The Morgan fingerprint density at radius 2 is 1.37 bits per heavy atom. The van der Waals surface area contributed by atoms with Crippen LogP contribution in [0.4, 0.5) is 11.4 Å². The number of ether oxygens (including phenoxy) is 2. The van der Waals surface area contributed by atoms with E-state index in [4.69, 9.17) is 9.47 Å². The van der Waals surface area contributed by atoms with Gasteiger partial charge in [0.15, 0.2) is 12.4 Å². The fourth-order valence-electron chi connectivity index (χ4n) is 7.32. The smallest absolute Gasteiger partial charge is 0.338 e. The normalized spacial score (nSPS) is 22.9. The molecular formula is C36H28N2O8. The van der Waals surface area contributed by atoms with Crippen molar-refractivity contribution in [3.63, 3.8) is 0 Å². The van der Waals surface area contributed by atoms with Crippen LogP contribution in [0, 0.1) is 33.8 Å². The monoisotopic (exact) mass is 616 g/mol. The van der Waals surface area contributed by atoms with Crippen LogP contribution in [0.25, 0.3) is 0 Å². The summed E-state index contributed by atoms with van der Waals surface area (Å²) in [6.07, 6.45) is 1.80. The number of amides is 2. The third-order valence-electron chi connectivity index (χ3n) is 9.40. The second-order valence-corrected chi connectivity index (χ2v) is 11.9. The molecule has 1 aliphatic heterocycles. The third-order valence-corrected chi connectivity index (χ3v) is 9.40. The Morgan fingerprint density at radius 3 is 2.02 bits per heavy atom. The van der Waals surface area contributed by atoms with E-state index in [0.29, 0.717) is 22.7 Å². The lowest BCUT2D eigenvalue weighted by Crippen LogP contribution is -2.33. The molecule has 2 bridgehead atoms. The van der Waals surface area contributed by atoms with E-state index >= 15 is 0 Å². The molecular weight excluding hydrogens is 588 g/mol. The minimum atomic E-state index is -0.710. The van der Waals surface area contributed by atoms with Crippen molar-refractivity contribution in [1.29, 1.82) is 0 Å². The average molecular weight is 617 g/mol. The lowest BCUT2D eigenvalue weighted by Gasteiger charge is -2.28. The highest BCUT2D eigenvalue weighted by atomic mass is 16.6. The van der Waals surface area contributed by atoms with Crippen LogP contribution < -0.4 is 9.64 Å². The van der Waals surface area contributed by atoms with Crippen molar-refractivity contribution in [1.82, 2.24) is 0 Å². The molecule has 2 amide bonds. The zero-order chi connectivity index (χ0) is 31.9. The van der Waals surface area contributed by atoms with Crippen molar-refractivity contribution in [2.75, 3.05) is 11.5 Å². The lowest BCUT2D eigenvalue weighted by molar-refractivity contribution is -0.384. The zero-order valence-electron chi connectivity index (χ0n) is 24.5. The highest BCUT2D eigenvalue weighted by Gasteiger charge is 2.64.